The van der Waals surface area contributed by atoms with Gasteiger partial charge in [-0.2, -0.15) is 0 Å². The molecule has 0 spiro atoms. The standard InChI is InChI=1S/C13H6Cl4O/c14-7-4-5-9(15)8(6-7)13(18)12-10(16)2-1-3-11(12)17/h1-6H. The predicted molar refractivity (Wildman–Crippen MR) is 76.4 cm³/mol. The van der Waals surface area contributed by atoms with Gasteiger partial charge in [0.2, 0.25) is 0 Å². The average molecular weight is 320 g/mol. The molecule has 0 unspecified atom stereocenters. The monoisotopic (exact) mass is 318 g/mol. The van der Waals surface area contributed by atoms with Crippen LogP contribution < -0.4 is 0 Å². The summed E-state index contributed by atoms with van der Waals surface area (Å²) in [4.78, 5) is 12.3. The summed E-state index contributed by atoms with van der Waals surface area (Å²) >= 11 is 23.8. The molecular formula is C13H6Cl4O. The van der Waals surface area contributed by atoms with Gasteiger partial charge in [0.05, 0.1) is 20.6 Å². The minimum absolute atomic E-state index is 0.227. The molecule has 0 radical (unpaired) electrons. The highest BCUT2D eigenvalue weighted by Gasteiger charge is 2.19. The van der Waals surface area contributed by atoms with E-state index in [9.17, 15) is 4.79 Å². The lowest BCUT2D eigenvalue weighted by molar-refractivity contribution is 0.103. The predicted octanol–water partition coefficient (Wildman–Crippen LogP) is 5.53. The van der Waals surface area contributed by atoms with Gasteiger partial charge in [-0.25, -0.2) is 0 Å². The maximum absolute atomic E-state index is 12.3. The van der Waals surface area contributed by atoms with Crippen molar-refractivity contribution in [1.82, 2.24) is 0 Å². The minimum atomic E-state index is -0.349. The Hall–Kier alpha value is -0.730. The quantitative estimate of drug-likeness (QED) is 0.665. The lowest BCUT2D eigenvalue weighted by Gasteiger charge is -2.07. The van der Waals surface area contributed by atoms with Crippen molar-refractivity contribution >= 4 is 52.2 Å². The Morgan fingerprint density at radius 3 is 2.06 bits per heavy atom. The third kappa shape index (κ3) is 2.65. The van der Waals surface area contributed by atoms with Crippen molar-refractivity contribution in [2.45, 2.75) is 0 Å². The van der Waals surface area contributed by atoms with Crippen LogP contribution in [0.4, 0.5) is 0 Å². The summed E-state index contributed by atoms with van der Waals surface area (Å²) in [5.74, 6) is -0.349. The van der Waals surface area contributed by atoms with Crippen molar-refractivity contribution < 1.29 is 4.79 Å². The number of rotatable bonds is 2. The summed E-state index contributed by atoms with van der Waals surface area (Å²) in [5, 5.41) is 1.29. The van der Waals surface area contributed by atoms with E-state index in [1.54, 1.807) is 30.3 Å². The third-order valence-electron chi connectivity index (χ3n) is 2.36. The molecule has 0 aromatic heterocycles. The maximum Gasteiger partial charge on any atom is 0.197 e. The second-order valence-corrected chi connectivity index (χ2v) is 5.21. The third-order valence-corrected chi connectivity index (χ3v) is 3.56. The summed E-state index contributed by atoms with van der Waals surface area (Å²) in [5.41, 5.74) is 0.504. The van der Waals surface area contributed by atoms with Crippen molar-refractivity contribution in [1.29, 1.82) is 0 Å². The van der Waals surface area contributed by atoms with E-state index in [0.717, 1.165) is 0 Å². The van der Waals surface area contributed by atoms with Crippen LogP contribution in [0.1, 0.15) is 15.9 Å². The molecule has 2 rings (SSSR count). The highest BCUT2D eigenvalue weighted by molar-refractivity contribution is 6.43. The molecule has 18 heavy (non-hydrogen) atoms. The summed E-state index contributed by atoms with van der Waals surface area (Å²) in [6, 6.07) is 9.52. The Bertz CT molecular complexity index is 602. The maximum atomic E-state index is 12.3. The Morgan fingerprint density at radius 2 is 1.44 bits per heavy atom. The molecule has 1 nitrogen and oxygen atoms in total. The first-order chi connectivity index (χ1) is 8.50. The second-order valence-electron chi connectivity index (χ2n) is 3.55. The lowest BCUT2D eigenvalue weighted by Crippen LogP contribution is -2.04. The SMILES string of the molecule is O=C(c1cc(Cl)ccc1Cl)c1c(Cl)cccc1Cl. The number of hydrogen-bond donors (Lipinski definition) is 0. The van der Waals surface area contributed by atoms with Crippen molar-refractivity contribution in [3.63, 3.8) is 0 Å². The molecule has 0 heterocycles. The first-order valence-corrected chi connectivity index (χ1v) is 6.45. The van der Waals surface area contributed by atoms with Crippen LogP contribution >= 0.6 is 46.4 Å². The fourth-order valence-corrected chi connectivity index (χ4v) is 2.47. The van der Waals surface area contributed by atoms with Gasteiger partial charge in [0.15, 0.2) is 5.78 Å². The van der Waals surface area contributed by atoms with Gasteiger partial charge in [0, 0.05) is 10.6 Å². The van der Waals surface area contributed by atoms with Crippen LogP contribution in [0.3, 0.4) is 0 Å². The highest BCUT2D eigenvalue weighted by atomic mass is 35.5. The smallest absolute Gasteiger partial charge is 0.197 e. The van der Waals surface area contributed by atoms with Gasteiger partial charge in [-0.3, -0.25) is 4.79 Å². The fourth-order valence-electron chi connectivity index (χ4n) is 1.52. The van der Waals surface area contributed by atoms with Gasteiger partial charge in [-0.1, -0.05) is 52.5 Å². The van der Waals surface area contributed by atoms with Crippen LogP contribution in [0.2, 0.25) is 20.1 Å². The van der Waals surface area contributed by atoms with Crippen LogP contribution in [-0.2, 0) is 0 Å². The molecule has 5 heteroatoms. The van der Waals surface area contributed by atoms with E-state index in [4.69, 9.17) is 46.4 Å². The summed E-state index contributed by atoms with van der Waals surface area (Å²) in [7, 11) is 0. The van der Waals surface area contributed by atoms with Gasteiger partial charge >= 0.3 is 0 Å². The number of carbonyl (C=O) groups excluding carboxylic acids is 1. The molecule has 0 N–H and O–H groups in total. The molecule has 0 aliphatic carbocycles. The van der Waals surface area contributed by atoms with Crippen LogP contribution in [0, 0.1) is 0 Å². The van der Waals surface area contributed by atoms with Crippen LogP contribution in [0.15, 0.2) is 36.4 Å². The highest BCUT2D eigenvalue weighted by Crippen LogP contribution is 2.30. The number of halogens is 4. The van der Waals surface area contributed by atoms with E-state index in [-0.39, 0.29) is 27.0 Å². The molecule has 0 saturated heterocycles. The molecule has 0 aliphatic rings. The van der Waals surface area contributed by atoms with E-state index < -0.39 is 0 Å². The second kappa shape index (κ2) is 5.50. The Kier molecular flexibility index (Phi) is 4.18. The van der Waals surface area contributed by atoms with Crippen LogP contribution in [0.25, 0.3) is 0 Å². The van der Waals surface area contributed by atoms with Gasteiger partial charge < -0.3 is 0 Å². The topological polar surface area (TPSA) is 17.1 Å². The average Bonchev–Trinajstić information content (AvgIpc) is 2.32. The molecule has 92 valence electrons. The Morgan fingerprint density at radius 1 is 0.833 bits per heavy atom. The molecule has 0 fully saturated rings. The van der Waals surface area contributed by atoms with E-state index in [1.165, 1.54) is 6.07 Å². The normalized spacial score (nSPS) is 10.4. The fraction of sp³-hybridized carbons (Fsp3) is 0. The van der Waals surface area contributed by atoms with Gasteiger partial charge in [-0.05, 0) is 30.3 Å². The van der Waals surface area contributed by atoms with Gasteiger partial charge in [0.1, 0.15) is 0 Å². The molecule has 2 aromatic carbocycles. The van der Waals surface area contributed by atoms with Crippen LogP contribution in [0.5, 0.6) is 0 Å². The molecule has 0 aliphatic heterocycles. The number of ketones is 1. The Labute approximate surface area is 124 Å². The number of hydrogen-bond acceptors (Lipinski definition) is 1. The lowest BCUT2D eigenvalue weighted by atomic mass is 10.0. The molecule has 0 atom stereocenters. The zero-order valence-corrected chi connectivity index (χ0v) is 11.9. The zero-order chi connectivity index (χ0) is 13.3. The molecule has 0 saturated carbocycles. The van der Waals surface area contributed by atoms with E-state index in [2.05, 4.69) is 0 Å². The number of benzene rings is 2. The Balaban J connectivity index is 2.58. The first kappa shape index (κ1) is 13.7. The van der Waals surface area contributed by atoms with E-state index >= 15 is 0 Å². The first-order valence-electron chi connectivity index (χ1n) is 4.94. The van der Waals surface area contributed by atoms with Crippen molar-refractivity contribution in [3.8, 4) is 0 Å². The van der Waals surface area contributed by atoms with Crippen molar-refractivity contribution in [2.24, 2.45) is 0 Å². The molecular weight excluding hydrogens is 314 g/mol. The van der Waals surface area contributed by atoms with Crippen molar-refractivity contribution in [3.05, 3.63) is 67.6 Å². The number of carbonyl (C=O) groups is 1. The zero-order valence-electron chi connectivity index (χ0n) is 8.88. The summed E-state index contributed by atoms with van der Waals surface area (Å²) in [6.07, 6.45) is 0. The summed E-state index contributed by atoms with van der Waals surface area (Å²) in [6.45, 7) is 0. The summed E-state index contributed by atoms with van der Waals surface area (Å²) < 4.78 is 0. The molecule has 2 aromatic rings. The largest absolute Gasteiger partial charge is 0.288 e. The van der Waals surface area contributed by atoms with Gasteiger partial charge in [-0.15, -0.1) is 0 Å². The van der Waals surface area contributed by atoms with E-state index in [0.29, 0.717) is 10.0 Å². The van der Waals surface area contributed by atoms with Crippen molar-refractivity contribution in [2.75, 3.05) is 0 Å². The molecule has 0 bridgehead atoms. The van der Waals surface area contributed by atoms with Crippen LogP contribution in [-0.4, -0.2) is 5.78 Å². The molecule has 0 amide bonds. The van der Waals surface area contributed by atoms with Gasteiger partial charge in [0.25, 0.3) is 0 Å². The van der Waals surface area contributed by atoms with E-state index in [1.807, 2.05) is 0 Å². The minimum Gasteiger partial charge on any atom is -0.288 e.